The van der Waals surface area contributed by atoms with Crippen molar-refractivity contribution >= 4 is 18.8 Å². The Hall–Kier alpha value is -1.65. The fourth-order valence-corrected chi connectivity index (χ4v) is 3.23. The Morgan fingerprint density at radius 3 is 2.40 bits per heavy atom. The molecule has 0 aliphatic carbocycles. The second-order valence-corrected chi connectivity index (χ2v) is 6.72. The van der Waals surface area contributed by atoms with Gasteiger partial charge in [0.1, 0.15) is 5.71 Å². The molecular weight excluding hydrogens is 257 g/mol. The smallest absolute Gasteiger partial charge is 0.394 e. The van der Waals surface area contributed by atoms with Crippen molar-refractivity contribution in [2.24, 2.45) is 5.41 Å². The Balaban J connectivity index is 2.35. The van der Waals surface area contributed by atoms with Gasteiger partial charge in [-0.2, -0.15) is 0 Å². The van der Waals surface area contributed by atoms with Crippen LogP contribution in [0.4, 0.5) is 8.63 Å². The van der Waals surface area contributed by atoms with Crippen LogP contribution in [-0.4, -0.2) is 21.6 Å². The first-order chi connectivity index (χ1) is 9.14. The molecule has 5 heteroatoms. The zero-order chi connectivity index (χ0) is 14.9. The fourth-order valence-electron chi connectivity index (χ4n) is 3.23. The van der Waals surface area contributed by atoms with E-state index in [0.29, 0.717) is 22.8 Å². The summed E-state index contributed by atoms with van der Waals surface area (Å²) >= 11 is 0. The summed E-state index contributed by atoms with van der Waals surface area (Å²) < 4.78 is 32.5. The Bertz CT molecular complexity index is 700. The minimum atomic E-state index is -3.83. The highest BCUT2D eigenvalue weighted by atomic mass is 19.2. The third-order valence-corrected chi connectivity index (χ3v) is 4.09. The highest BCUT2D eigenvalue weighted by molar-refractivity contribution is 6.58. The van der Waals surface area contributed by atoms with Gasteiger partial charge in [0.25, 0.3) is 0 Å². The number of halogens is 2. The molecule has 1 aromatic rings. The van der Waals surface area contributed by atoms with Gasteiger partial charge < -0.3 is 17.6 Å². The van der Waals surface area contributed by atoms with Gasteiger partial charge in [0.15, 0.2) is 5.70 Å². The molecule has 0 radical (unpaired) electrons. The molecule has 3 rings (SSSR count). The molecule has 2 aliphatic heterocycles. The van der Waals surface area contributed by atoms with Gasteiger partial charge in [0, 0.05) is 29.3 Å². The molecule has 20 heavy (non-hydrogen) atoms. The molecule has 0 amide bonds. The van der Waals surface area contributed by atoms with Crippen LogP contribution < -0.4 is 0 Å². The summed E-state index contributed by atoms with van der Waals surface area (Å²) in [6, 6.07) is 1.82. The van der Waals surface area contributed by atoms with Crippen LogP contribution in [0.1, 0.15) is 37.7 Å². The highest BCUT2D eigenvalue weighted by Crippen LogP contribution is 2.36. The summed E-state index contributed by atoms with van der Waals surface area (Å²) in [4.78, 5) is 0. The molecule has 0 spiro atoms. The van der Waals surface area contributed by atoms with E-state index in [1.807, 2.05) is 45.9 Å². The van der Waals surface area contributed by atoms with E-state index in [0.717, 1.165) is 5.56 Å². The van der Waals surface area contributed by atoms with E-state index < -0.39 is 6.97 Å². The predicted molar refractivity (Wildman–Crippen MR) is 79.1 cm³/mol. The van der Waals surface area contributed by atoms with Crippen molar-refractivity contribution in [1.29, 1.82) is 0 Å². The van der Waals surface area contributed by atoms with Crippen LogP contribution in [0.3, 0.4) is 0 Å². The Labute approximate surface area is 118 Å². The van der Waals surface area contributed by atoms with Crippen molar-refractivity contribution in [2.45, 2.75) is 34.6 Å². The summed E-state index contributed by atoms with van der Waals surface area (Å²) in [6.07, 6.45) is 5.47. The van der Waals surface area contributed by atoms with Gasteiger partial charge >= 0.3 is 6.97 Å². The number of hydrogen-bond donors (Lipinski definition) is 0. The zero-order valence-corrected chi connectivity index (χ0v) is 12.5. The van der Waals surface area contributed by atoms with Gasteiger partial charge in [-0.3, -0.25) is 0 Å². The highest BCUT2D eigenvalue weighted by Gasteiger charge is 2.53. The lowest BCUT2D eigenvalue weighted by atomic mass is 9.85. The maximum absolute atomic E-state index is 15.1. The topological polar surface area (TPSA) is 7.94 Å². The molecule has 0 unspecified atom stereocenters. The molecule has 0 N–H and O–H groups in total. The van der Waals surface area contributed by atoms with Crippen molar-refractivity contribution in [3.63, 3.8) is 0 Å². The average Bonchev–Trinajstić information content (AvgIpc) is 2.81. The quantitative estimate of drug-likeness (QED) is 0.638. The molecule has 2 aliphatic rings. The molecule has 0 saturated heterocycles. The minimum absolute atomic E-state index is 0.315. The molecule has 0 bridgehead atoms. The molecule has 1 aromatic heterocycles. The van der Waals surface area contributed by atoms with Gasteiger partial charge in [-0.05, 0) is 31.2 Å². The van der Waals surface area contributed by atoms with Gasteiger partial charge in [-0.15, -0.1) is 0 Å². The average molecular weight is 276 g/mol. The molecule has 106 valence electrons. The standard InChI is InChI=1S/C15H19BF2N2/c1-10-8-11(2)19-13(10)9-12-6-7-14(15(3,4)5)20(12)16(19,17)18/h6-9H,1-5H3. The van der Waals surface area contributed by atoms with E-state index in [1.165, 1.54) is 8.96 Å². The largest absolute Gasteiger partial charge is 0.737 e. The van der Waals surface area contributed by atoms with Crippen LogP contribution in [0, 0.1) is 19.3 Å². The number of allylic oxidation sites excluding steroid dienone is 2. The van der Waals surface area contributed by atoms with Crippen LogP contribution in [0.2, 0.25) is 0 Å². The normalized spacial score (nSPS) is 20.1. The lowest BCUT2D eigenvalue weighted by molar-refractivity contribution is -0.365. The van der Waals surface area contributed by atoms with Crippen LogP contribution in [-0.2, 0) is 0 Å². The van der Waals surface area contributed by atoms with Gasteiger partial charge in [0.05, 0.1) is 0 Å². The molecule has 3 heterocycles. The predicted octanol–water partition coefficient (Wildman–Crippen LogP) is 3.75. The lowest BCUT2D eigenvalue weighted by Crippen LogP contribution is -2.52. The SMILES string of the molecule is Cc1cc(C)n2c1C=C1C=CC(C(C)(C)C)=[N+]1[B-]2(F)F. The molecule has 0 saturated carbocycles. The van der Waals surface area contributed by atoms with Gasteiger partial charge in [-0.1, -0.05) is 20.8 Å². The minimum Gasteiger partial charge on any atom is -0.394 e. The van der Waals surface area contributed by atoms with Gasteiger partial charge in [-0.25, -0.2) is 0 Å². The van der Waals surface area contributed by atoms with Gasteiger partial charge in [0.2, 0.25) is 0 Å². The first-order valence-corrected chi connectivity index (χ1v) is 6.91. The third kappa shape index (κ3) is 1.58. The molecule has 0 atom stereocenters. The summed E-state index contributed by atoms with van der Waals surface area (Å²) in [6.45, 7) is 5.69. The maximum atomic E-state index is 15.1. The number of fused-ring (bicyclic) bond motifs is 2. The first kappa shape index (κ1) is 13.3. The summed E-state index contributed by atoms with van der Waals surface area (Å²) in [5.41, 5.74) is 3.08. The van der Waals surface area contributed by atoms with E-state index in [1.54, 1.807) is 13.0 Å². The van der Waals surface area contributed by atoms with Crippen LogP contribution >= 0.6 is 0 Å². The number of nitrogens with zero attached hydrogens (tertiary/aromatic N) is 2. The van der Waals surface area contributed by atoms with Crippen molar-refractivity contribution in [3.8, 4) is 0 Å². The van der Waals surface area contributed by atoms with Crippen molar-refractivity contribution in [2.75, 3.05) is 0 Å². The van der Waals surface area contributed by atoms with Crippen molar-refractivity contribution in [1.82, 2.24) is 4.48 Å². The number of rotatable bonds is 0. The third-order valence-electron chi connectivity index (χ3n) is 4.09. The summed E-state index contributed by atoms with van der Waals surface area (Å²) in [5.74, 6) is 0. The molecule has 0 aromatic carbocycles. The van der Waals surface area contributed by atoms with E-state index in [9.17, 15) is 0 Å². The first-order valence-electron chi connectivity index (χ1n) is 6.91. The Morgan fingerprint density at radius 2 is 1.80 bits per heavy atom. The number of aromatic nitrogens is 1. The number of hydrogen-bond acceptors (Lipinski definition) is 0. The molecule has 2 nitrogen and oxygen atoms in total. The second kappa shape index (κ2) is 3.71. The van der Waals surface area contributed by atoms with Crippen LogP contribution in [0.15, 0.2) is 23.9 Å². The van der Waals surface area contributed by atoms with E-state index >= 15 is 8.63 Å². The monoisotopic (exact) mass is 276 g/mol. The molecule has 0 fully saturated rings. The lowest BCUT2D eigenvalue weighted by Gasteiger charge is -2.32. The Morgan fingerprint density at radius 1 is 1.15 bits per heavy atom. The maximum Gasteiger partial charge on any atom is 0.737 e. The van der Waals surface area contributed by atoms with Crippen molar-refractivity contribution < 1.29 is 13.1 Å². The summed E-state index contributed by atoms with van der Waals surface area (Å²) in [7, 11) is 0. The van der Waals surface area contributed by atoms with Crippen molar-refractivity contribution in [3.05, 3.63) is 40.9 Å². The Kier molecular flexibility index (Phi) is 2.48. The van der Waals surface area contributed by atoms with Crippen LogP contribution in [0.5, 0.6) is 0 Å². The second-order valence-electron chi connectivity index (χ2n) is 6.72. The van der Waals surface area contributed by atoms with Crippen LogP contribution in [0.25, 0.3) is 6.08 Å². The van der Waals surface area contributed by atoms with E-state index in [-0.39, 0.29) is 5.41 Å². The molecular formula is C15H19BF2N2. The number of aryl methyl sites for hydroxylation is 2. The van der Waals surface area contributed by atoms with E-state index in [4.69, 9.17) is 0 Å². The fraction of sp³-hybridized carbons (Fsp3) is 0.400. The zero-order valence-electron chi connectivity index (χ0n) is 12.5. The van der Waals surface area contributed by atoms with E-state index in [2.05, 4.69) is 0 Å². The summed E-state index contributed by atoms with van der Waals surface area (Å²) in [5, 5.41) is 0.